The van der Waals surface area contributed by atoms with Gasteiger partial charge in [-0.1, -0.05) is 19.3 Å². The summed E-state index contributed by atoms with van der Waals surface area (Å²) in [7, 11) is 0. The summed E-state index contributed by atoms with van der Waals surface area (Å²) < 4.78 is 0. The molecule has 0 spiro atoms. The smallest absolute Gasteiger partial charge is 0.123 e. The molecule has 0 bridgehead atoms. The lowest BCUT2D eigenvalue weighted by atomic mass is 9.87. The minimum atomic E-state index is 0.115. The highest BCUT2D eigenvalue weighted by Gasteiger charge is 2.15. The second-order valence-corrected chi connectivity index (χ2v) is 5.48. The molecule has 0 aromatic carbocycles. The Morgan fingerprint density at radius 1 is 0.500 bits per heavy atom. The van der Waals surface area contributed by atoms with Crippen molar-refractivity contribution in [2.75, 3.05) is 0 Å². The Labute approximate surface area is 109 Å². The molecule has 0 amide bonds. The summed E-state index contributed by atoms with van der Waals surface area (Å²) in [4.78, 5) is 32.8. The molecule has 1 aliphatic carbocycles. The zero-order valence-electron chi connectivity index (χ0n) is 11.1. The molecule has 1 rings (SSSR count). The quantitative estimate of drug-likeness (QED) is 0.726. The predicted molar refractivity (Wildman–Crippen MR) is 70.2 cm³/mol. The highest BCUT2D eigenvalue weighted by Crippen LogP contribution is 2.24. The molecule has 0 atom stereocenters. The largest absolute Gasteiger partial charge is 0.303 e. The lowest BCUT2D eigenvalue weighted by molar-refractivity contribution is -0.111. The summed E-state index contributed by atoms with van der Waals surface area (Å²) in [5.74, 6) is 0.345. The predicted octanol–water partition coefficient (Wildman–Crippen LogP) is 2.96. The summed E-state index contributed by atoms with van der Waals surface area (Å²) >= 11 is 0. The molecule has 0 aliphatic heterocycles. The molecule has 0 aromatic heterocycles. The Morgan fingerprint density at radius 2 is 0.722 bits per heavy atom. The monoisotopic (exact) mass is 252 g/mol. The first-order valence-electron chi connectivity index (χ1n) is 7.16. The van der Waals surface area contributed by atoms with Crippen LogP contribution < -0.4 is 0 Å². The van der Waals surface area contributed by atoms with E-state index >= 15 is 0 Å². The third-order valence-corrected chi connectivity index (χ3v) is 4.03. The number of carbonyl (C=O) groups excluding carboxylic acids is 3. The van der Waals surface area contributed by atoms with Crippen LogP contribution in [-0.4, -0.2) is 18.9 Å². The van der Waals surface area contributed by atoms with Crippen LogP contribution >= 0.6 is 0 Å². The Balaban J connectivity index is 2.51. The van der Waals surface area contributed by atoms with Crippen LogP contribution in [0.1, 0.15) is 57.8 Å². The maximum absolute atomic E-state index is 10.9. The van der Waals surface area contributed by atoms with E-state index in [2.05, 4.69) is 0 Å². The third-order valence-electron chi connectivity index (χ3n) is 4.03. The molecule has 0 unspecified atom stereocenters. The number of rotatable bonds is 3. The van der Waals surface area contributed by atoms with Crippen molar-refractivity contribution in [1.82, 2.24) is 0 Å². The van der Waals surface area contributed by atoms with E-state index < -0.39 is 0 Å². The van der Waals surface area contributed by atoms with Gasteiger partial charge in [0.15, 0.2) is 0 Å². The summed E-state index contributed by atoms with van der Waals surface area (Å²) in [6, 6.07) is 0. The van der Waals surface area contributed by atoms with Crippen molar-refractivity contribution < 1.29 is 14.4 Å². The van der Waals surface area contributed by atoms with Gasteiger partial charge < -0.3 is 14.4 Å². The number of aldehydes is 3. The van der Waals surface area contributed by atoms with Crippen molar-refractivity contribution in [2.24, 2.45) is 17.8 Å². The highest BCUT2D eigenvalue weighted by atomic mass is 16.1. The van der Waals surface area contributed by atoms with Crippen LogP contribution in [0.25, 0.3) is 0 Å². The molecule has 1 aliphatic rings. The molecule has 1 saturated carbocycles. The van der Waals surface area contributed by atoms with Gasteiger partial charge in [-0.05, 0) is 38.5 Å². The summed E-state index contributed by atoms with van der Waals surface area (Å²) in [5.41, 5.74) is 0. The van der Waals surface area contributed by atoms with Gasteiger partial charge in [0, 0.05) is 17.8 Å². The van der Waals surface area contributed by atoms with E-state index in [9.17, 15) is 14.4 Å². The van der Waals surface area contributed by atoms with Gasteiger partial charge in [0.25, 0.3) is 0 Å². The molecule has 0 saturated heterocycles. The van der Waals surface area contributed by atoms with Crippen molar-refractivity contribution in [3.63, 3.8) is 0 Å². The number of carbonyl (C=O) groups is 3. The standard InChI is InChI=1S/C15H24O3/c16-10-13-4-1-5-14(11-17)7-3-9-15(12-18)8-2-6-13/h10-15H,1-9H2. The third kappa shape index (κ3) is 5.56. The van der Waals surface area contributed by atoms with E-state index in [1.165, 1.54) is 0 Å². The fraction of sp³-hybridized carbons (Fsp3) is 0.800. The van der Waals surface area contributed by atoms with Crippen LogP contribution in [0.4, 0.5) is 0 Å². The first-order valence-corrected chi connectivity index (χ1v) is 7.16. The number of hydrogen-bond acceptors (Lipinski definition) is 3. The van der Waals surface area contributed by atoms with Crippen LogP contribution in [0.3, 0.4) is 0 Å². The normalized spacial score (nSPS) is 31.7. The minimum Gasteiger partial charge on any atom is -0.303 e. The molecule has 0 N–H and O–H groups in total. The van der Waals surface area contributed by atoms with Gasteiger partial charge >= 0.3 is 0 Å². The van der Waals surface area contributed by atoms with Crippen molar-refractivity contribution in [1.29, 1.82) is 0 Å². The Bertz CT molecular complexity index is 208. The maximum atomic E-state index is 10.9. The van der Waals surface area contributed by atoms with E-state index in [1.807, 2.05) is 0 Å². The van der Waals surface area contributed by atoms with E-state index in [4.69, 9.17) is 0 Å². The Kier molecular flexibility index (Phi) is 7.54. The number of hydrogen-bond donors (Lipinski definition) is 0. The van der Waals surface area contributed by atoms with E-state index in [-0.39, 0.29) is 17.8 Å². The molecule has 0 heterocycles. The lowest BCUT2D eigenvalue weighted by Crippen LogP contribution is -2.10. The summed E-state index contributed by atoms with van der Waals surface area (Å²) in [6.07, 6.45) is 11.3. The Hall–Kier alpha value is -0.990. The second kappa shape index (κ2) is 9.01. The van der Waals surface area contributed by atoms with Crippen LogP contribution in [0.2, 0.25) is 0 Å². The second-order valence-electron chi connectivity index (χ2n) is 5.48. The zero-order chi connectivity index (χ0) is 13.2. The fourth-order valence-electron chi connectivity index (χ4n) is 2.77. The Morgan fingerprint density at radius 3 is 0.889 bits per heavy atom. The van der Waals surface area contributed by atoms with Crippen molar-refractivity contribution in [3.8, 4) is 0 Å². The molecule has 102 valence electrons. The maximum Gasteiger partial charge on any atom is 0.123 e. The minimum absolute atomic E-state index is 0.115. The van der Waals surface area contributed by atoms with Crippen molar-refractivity contribution in [3.05, 3.63) is 0 Å². The molecule has 18 heavy (non-hydrogen) atoms. The van der Waals surface area contributed by atoms with E-state index in [0.29, 0.717) is 0 Å². The van der Waals surface area contributed by atoms with Crippen LogP contribution in [-0.2, 0) is 14.4 Å². The van der Waals surface area contributed by atoms with Crippen molar-refractivity contribution in [2.45, 2.75) is 57.8 Å². The molecular formula is C15H24O3. The van der Waals surface area contributed by atoms with Crippen LogP contribution in [0.15, 0.2) is 0 Å². The average molecular weight is 252 g/mol. The van der Waals surface area contributed by atoms with Crippen LogP contribution in [0, 0.1) is 17.8 Å². The molecular weight excluding hydrogens is 228 g/mol. The molecule has 0 radical (unpaired) electrons. The van der Waals surface area contributed by atoms with Gasteiger partial charge in [-0.15, -0.1) is 0 Å². The lowest BCUT2D eigenvalue weighted by Gasteiger charge is -2.17. The average Bonchev–Trinajstić information content (AvgIpc) is 2.39. The molecule has 1 fully saturated rings. The van der Waals surface area contributed by atoms with E-state index in [1.54, 1.807) is 0 Å². The fourth-order valence-corrected chi connectivity index (χ4v) is 2.77. The topological polar surface area (TPSA) is 51.2 Å². The van der Waals surface area contributed by atoms with Gasteiger partial charge in [-0.2, -0.15) is 0 Å². The van der Waals surface area contributed by atoms with Gasteiger partial charge in [0.2, 0.25) is 0 Å². The van der Waals surface area contributed by atoms with Crippen LogP contribution in [0.5, 0.6) is 0 Å². The van der Waals surface area contributed by atoms with E-state index in [0.717, 1.165) is 76.6 Å². The highest BCUT2D eigenvalue weighted by molar-refractivity contribution is 5.55. The molecule has 3 heteroatoms. The van der Waals surface area contributed by atoms with Gasteiger partial charge in [0.05, 0.1) is 0 Å². The summed E-state index contributed by atoms with van der Waals surface area (Å²) in [6.45, 7) is 0. The zero-order valence-corrected chi connectivity index (χ0v) is 11.1. The first kappa shape index (κ1) is 15.1. The van der Waals surface area contributed by atoms with Gasteiger partial charge in [-0.3, -0.25) is 0 Å². The summed E-state index contributed by atoms with van der Waals surface area (Å²) in [5, 5.41) is 0. The molecule has 0 aromatic rings. The van der Waals surface area contributed by atoms with Gasteiger partial charge in [0.1, 0.15) is 18.9 Å². The molecule has 3 nitrogen and oxygen atoms in total. The van der Waals surface area contributed by atoms with Gasteiger partial charge in [-0.25, -0.2) is 0 Å². The SMILES string of the molecule is O=CC1CCCC(C=O)CCCC(C=O)CCC1. The van der Waals surface area contributed by atoms with Crippen molar-refractivity contribution >= 4 is 18.9 Å². The first-order chi connectivity index (χ1) is 8.80.